The number of nitrogens with two attached hydrogens (primary N) is 1. The van der Waals surface area contributed by atoms with Crippen molar-refractivity contribution in [1.29, 1.82) is 0 Å². The molecule has 0 spiro atoms. The summed E-state index contributed by atoms with van der Waals surface area (Å²) in [5.41, 5.74) is 3.06. The standard InChI is InChI=1S/C21H25N5O2S/c1-14(2)16-8-10-17(11-9-16)28-12-19-24-25-21(26(19)22)29-13-20(27)23-18-7-5-4-6-15(18)3/h4-11,14H,12-13,22H2,1-3H3,(H,23,27). The molecule has 2 aromatic carbocycles. The lowest BCUT2D eigenvalue weighted by Crippen LogP contribution is -2.18. The van der Waals surface area contributed by atoms with Crippen LogP contribution in [0.2, 0.25) is 0 Å². The van der Waals surface area contributed by atoms with Crippen LogP contribution in [-0.2, 0) is 11.4 Å². The fraction of sp³-hybridized carbons (Fsp3) is 0.286. The van der Waals surface area contributed by atoms with E-state index < -0.39 is 0 Å². The second-order valence-electron chi connectivity index (χ2n) is 6.93. The van der Waals surface area contributed by atoms with E-state index in [1.54, 1.807) is 0 Å². The molecule has 0 saturated carbocycles. The molecule has 0 aliphatic carbocycles. The van der Waals surface area contributed by atoms with Crippen molar-refractivity contribution in [1.82, 2.24) is 14.9 Å². The highest BCUT2D eigenvalue weighted by molar-refractivity contribution is 7.99. The maximum Gasteiger partial charge on any atom is 0.234 e. The van der Waals surface area contributed by atoms with Crippen LogP contribution in [0.15, 0.2) is 53.7 Å². The third kappa shape index (κ3) is 5.51. The van der Waals surface area contributed by atoms with E-state index in [1.807, 2.05) is 55.5 Å². The van der Waals surface area contributed by atoms with Crippen LogP contribution in [0.1, 0.15) is 36.7 Å². The molecule has 0 atom stereocenters. The fourth-order valence-corrected chi connectivity index (χ4v) is 3.31. The van der Waals surface area contributed by atoms with Gasteiger partial charge in [0.1, 0.15) is 12.4 Å². The van der Waals surface area contributed by atoms with Crippen molar-refractivity contribution in [2.24, 2.45) is 0 Å². The number of nitrogen functional groups attached to an aromatic ring is 1. The molecule has 3 aromatic rings. The summed E-state index contributed by atoms with van der Waals surface area (Å²) in [6.45, 7) is 6.43. The van der Waals surface area contributed by atoms with E-state index >= 15 is 0 Å². The Morgan fingerprint density at radius 1 is 1.17 bits per heavy atom. The minimum absolute atomic E-state index is 0.129. The average molecular weight is 412 g/mol. The third-order valence-corrected chi connectivity index (χ3v) is 5.34. The van der Waals surface area contributed by atoms with Crippen molar-refractivity contribution in [2.75, 3.05) is 16.9 Å². The topological polar surface area (TPSA) is 95.1 Å². The zero-order chi connectivity index (χ0) is 20.8. The van der Waals surface area contributed by atoms with Crippen LogP contribution in [0.4, 0.5) is 5.69 Å². The highest BCUT2D eigenvalue weighted by Gasteiger charge is 2.13. The minimum atomic E-state index is -0.129. The molecular weight excluding hydrogens is 386 g/mol. The fourth-order valence-electron chi connectivity index (χ4n) is 2.63. The second-order valence-corrected chi connectivity index (χ2v) is 7.88. The molecule has 1 amide bonds. The number of thioether (sulfide) groups is 1. The second kappa shape index (κ2) is 9.47. The number of rotatable bonds is 8. The van der Waals surface area contributed by atoms with Gasteiger partial charge in [-0.05, 0) is 42.2 Å². The van der Waals surface area contributed by atoms with E-state index in [9.17, 15) is 4.79 Å². The van der Waals surface area contributed by atoms with Crippen molar-refractivity contribution < 1.29 is 9.53 Å². The highest BCUT2D eigenvalue weighted by Crippen LogP contribution is 2.20. The Balaban J connectivity index is 1.52. The predicted molar refractivity (Wildman–Crippen MR) is 116 cm³/mol. The van der Waals surface area contributed by atoms with Gasteiger partial charge in [0.15, 0.2) is 5.82 Å². The zero-order valence-electron chi connectivity index (χ0n) is 16.8. The van der Waals surface area contributed by atoms with Gasteiger partial charge in [0, 0.05) is 5.69 Å². The number of carbonyl (C=O) groups is 1. The van der Waals surface area contributed by atoms with Crippen molar-refractivity contribution in [3.63, 3.8) is 0 Å². The molecule has 3 rings (SSSR count). The molecule has 0 radical (unpaired) electrons. The molecule has 0 fully saturated rings. The van der Waals surface area contributed by atoms with Gasteiger partial charge >= 0.3 is 0 Å². The number of hydrogen-bond acceptors (Lipinski definition) is 6. The quantitative estimate of drug-likeness (QED) is 0.433. The Morgan fingerprint density at radius 3 is 2.59 bits per heavy atom. The maximum absolute atomic E-state index is 12.2. The number of benzene rings is 2. The lowest BCUT2D eigenvalue weighted by Gasteiger charge is -2.09. The van der Waals surface area contributed by atoms with Crippen LogP contribution in [0.5, 0.6) is 5.75 Å². The van der Waals surface area contributed by atoms with Crippen LogP contribution in [0.25, 0.3) is 0 Å². The van der Waals surface area contributed by atoms with Gasteiger partial charge in [0.25, 0.3) is 0 Å². The van der Waals surface area contributed by atoms with Crippen molar-refractivity contribution in [3.8, 4) is 5.75 Å². The number of carbonyl (C=O) groups excluding carboxylic acids is 1. The smallest absolute Gasteiger partial charge is 0.234 e. The van der Waals surface area contributed by atoms with Gasteiger partial charge in [0.2, 0.25) is 11.1 Å². The molecule has 1 aromatic heterocycles. The summed E-state index contributed by atoms with van der Waals surface area (Å²) in [4.78, 5) is 12.2. The van der Waals surface area contributed by atoms with E-state index in [0.29, 0.717) is 16.9 Å². The average Bonchev–Trinajstić information content (AvgIpc) is 3.06. The third-order valence-electron chi connectivity index (χ3n) is 4.40. The minimum Gasteiger partial charge on any atom is -0.486 e. The Kier molecular flexibility index (Phi) is 6.77. The molecular formula is C21H25N5O2S. The Bertz CT molecular complexity index is 969. The van der Waals surface area contributed by atoms with E-state index in [4.69, 9.17) is 10.6 Å². The van der Waals surface area contributed by atoms with Gasteiger partial charge in [-0.1, -0.05) is 55.9 Å². The van der Waals surface area contributed by atoms with Crippen LogP contribution >= 0.6 is 11.8 Å². The van der Waals surface area contributed by atoms with Gasteiger partial charge in [-0.2, -0.15) is 0 Å². The molecule has 0 saturated heterocycles. The summed E-state index contributed by atoms with van der Waals surface area (Å²) in [5.74, 6) is 7.80. The number of aromatic nitrogens is 3. The first-order valence-electron chi connectivity index (χ1n) is 9.34. The number of anilines is 1. The lowest BCUT2D eigenvalue weighted by molar-refractivity contribution is -0.113. The normalized spacial score (nSPS) is 10.9. The number of aryl methyl sites for hydroxylation is 1. The molecule has 0 bridgehead atoms. The molecule has 0 aliphatic heterocycles. The Morgan fingerprint density at radius 2 is 1.90 bits per heavy atom. The van der Waals surface area contributed by atoms with Gasteiger partial charge in [-0.25, -0.2) is 4.68 Å². The van der Waals surface area contributed by atoms with Crippen molar-refractivity contribution >= 4 is 23.4 Å². The van der Waals surface area contributed by atoms with E-state index in [1.165, 1.54) is 22.0 Å². The van der Waals surface area contributed by atoms with Gasteiger partial charge in [0.05, 0.1) is 5.75 Å². The first-order chi connectivity index (χ1) is 13.9. The summed E-state index contributed by atoms with van der Waals surface area (Å²) in [7, 11) is 0. The van der Waals surface area contributed by atoms with E-state index in [0.717, 1.165) is 17.0 Å². The lowest BCUT2D eigenvalue weighted by atomic mass is 10.0. The first-order valence-corrected chi connectivity index (χ1v) is 10.3. The van der Waals surface area contributed by atoms with Crippen LogP contribution < -0.4 is 15.9 Å². The van der Waals surface area contributed by atoms with Gasteiger partial charge < -0.3 is 15.9 Å². The largest absolute Gasteiger partial charge is 0.486 e. The summed E-state index contributed by atoms with van der Waals surface area (Å²) in [5, 5.41) is 11.5. The summed E-state index contributed by atoms with van der Waals surface area (Å²) in [6, 6.07) is 15.6. The molecule has 152 valence electrons. The summed E-state index contributed by atoms with van der Waals surface area (Å²) < 4.78 is 7.10. The summed E-state index contributed by atoms with van der Waals surface area (Å²) >= 11 is 1.22. The van der Waals surface area contributed by atoms with Crippen LogP contribution in [0, 0.1) is 6.92 Å². The molecule has 0 aliphatic rings. The van der Waals surface area contributed by atoms with Crippen LogP contribution in [-0.4, -0.2) is 26.5 Å². The number of nitrogens with one attached hydrogen (secondary N) is 1. The van der Waals surface area contributed by atoms with E-state index in [-0.39, 0.29) is 18.3 Å². The molecule has 0 unspecified atom stereocenters. The number of para-hydroxylation sites is 1. The number of ether oxygens (including phenoxy) is 1. The maximum atomic E-state index is 12.2. The number of hydrogen-bond donors (Lipinski definition) is 2. The van der Waals surface area contributed by atoms with Gasteiger partial charge in [-0.15, -0.1) is 10.2 Å². The monoisotopic (exact) mass is 411 g/mol. The Labute approximate surface area is 174 Å². The molecule has 8 heteroatoms. The predicted octanol–water partition coefficient (Wildman–Crippen LogP) is 3.73. The molecule has 29 heavy (non-hydrogen) atoms. The number of amides is 1. The summed E-state index contributed by atoms with van der Waals surface area (Å²) in [6.07, 6.45) is 0. The van der Waals surface area contributed by atoms with Crippen molar-refractivity contribution in [2.45, 2.75) is 38.5 Å². The molecule has 7 nitrogen and oxygen atoms in total. The molecule has 1 heterocycles. The highest BCUT2D eigenvalue weighted by atomic mass is 32.2. The van der Waals surface area contributed by atoms with Crippen LogP contribution in [0.3, 0.4) is 0 Å². The number of nitrogens with zero attached hydrogens (tertiary/aromatic N) is 3. The van der Waals surface area contributed by atoms with E-state index in [2.05, 4.69) is 29.4 Å². The van der Waals surface area contributed by atoms with Gasteiger partial charge in [-0.3, -0.25) is 4.79 Å². The first kappa shape index (κ1) is 20.7. The SMILES string of the molecule is Cc1ccccc1NC(=O)CSc1nnc(COc2ccc(C(C)C)cc2)n1N. The Hall–Kier alpha value is -3.00. The van der Waals surface area contributed by atoms with Crippen molar-refractivity contribution in [3.05, 3.63) is 65.5 Å². The molecule has 3 N–H and O–H groups in total. The zero-order valence-corrected chi connectivity index (χ0v) is 17.6.